The number of nitriles is 1. The van der Waals surface area contributed by atoms with Crippen LogP contribution in [0.1, 0.15) is 49.8 Å². The van der Waals surface area contributed by atoms with Crippen molar-refractivity contribution in [2.24, 2.45) is 0 Å². The van der Waals surface area contributed by atoms with Gasteiger partial charge in [-0.05, 0) is 44.7 Å². The summed E-state index contributed by atoms with van der Waals surface area (Å²) in [6.07, 6.45) is 7.44. The van der Waals surface area contributed by atoms with Crippen molar-refractivity contribution in [3.05, 3.63) is 23.4 Å². The van der Waals surface area contributed by atoms with Gasteiger partial charge in [0, 0.05) is 5.69 Å². The minimum absolute atomic E-state index is 0.235. The Balaban J connectivity index is 2.11. The first-order chi connectivity index (χ1) is 8.29. The Morgan fingerprint density at radius 1 is 1.24 bits per heavy atom. The zero-order chi connectivity index (χ0) is 12.1. The molecule has 0 unspecified atom stereocenters. The molecule has 0 bridgehead atoms. The summed E-state index contributed by atoms with van der Waals surface area (Å²) in [7, 11) is 0. The minimum Gasteiger partial charge on any atom is -0.473 e. The summed E-state index contributed by atoms with van der Waals surface area (Å²) >= 11 is 0. The van der Waals surface area contributed by atoms with Gasteiger partial charge in [0.2, 0.25) is 5.88 Å². The monoisotopic (exact) mass is 230 g/mol. The molecule has 1 aromatic heterocycles. The van der Waals surface area contributed by atoms with E-state index in [2.05, 4.69) is 11.1 Å². The molecule has 1 fully saturated rings. The number of ether oxygens (including phenoxy) is 1. The van der Waals surface area contributed by atoms with Gasteiger partial charge in [0.15, 0.2) is 0 Å². The van der Waals surface area contributed by atoms with Crippen LogP contribution in [0.15, 0.2) is 12.1 Å². The van der Waals surface area contributed by atoms with Crippen molar-refractivity contribution >= 4 is 0 Å². The third-order valence-electron chi connectivity index (χ3n) is 3.20. The van der Waals surface area contributed by atoms with Gasteiger partial charge in [0.1, 0.15) is 17.7 Å². The van der Waals surface area contributed by atoms with Crippen LogP contribution in [0.4, 0.5) is 0 Å². The zero-order valence-electron chi connectivity index (χ0n) is 10.3. The van der Waals surface area contributed by atoms with Crippen LogP contribution in [0.3, 0.4) is 0 Å². The standard InChI is InChI=1S/C14H18N2O/c1-11-8-9-12(10-15)14(16-11)17-13-6-4-2-3-5-7-13/h8-9,13H,2-7H2,1H3. The minimum atomic E-state index is 0.235. The molecule has 2 rings (SSSR count). The first-order valence-electron chi connectivity index (χ1n) is 6.34. The van der Waals surface area contributed by atoms with Gasteiger partial charge < -0.3 is 4.74 Å². The third kappa shape index (κ3) is 3.20. The molecule has 1 aliphatic carbocycles. The number of rotatable bonds is 2. The summed E-state index contributed by atoms with van der Waals surface area (Å²) in [6, 6.07) is 5.77. The normalized spacial score (nSPS) is 17.2. The third-order valence-corrected chi connectivity index (χ3v) is 3.20. The molecule has 1 aromatic rings. The molecule has 0 atom stereocenters. The summed E-state index contributed by atoms with van der Waals surface area (Å²) in [4.78, 5) is 4.32. The molecule has 0 aromatic carbocycles. The predicted molar refractivity (Wildman–Crippen MR) is 65.8 cm³/mol. The van der Waals surface area contributed by atoms with E-state index < -0.39 is 0 Å². The first kappa shape index (κ1) is 11.9. The molecule has 0 saturated heterocycles. The molecule has 0 amide bonds. The maximum atomic E-state index is 9.02. The number of hydrogen-bond acceptors (Lipinski definition) is 3. The molecule has 90 valence electrons. The van der Waals surface area contributed by atoms with Crippen molar-refractivity contribution in [1.29, 1.82) is 5.26 Å². The first-order valence-corrected chi connectivity index (χ1v) is 6.34. The van der Waals surface area contributed by atoms with Gasteiger partial charge >= 0.3 is 0 Å². The smallest absolute Gasteiger partial charge is 0.232 e. The van der Waals surface area contributed by atoms with Gasteiger partial charge in [-0.2, -0.15) is 5.26 Å². The molecule has 1 aliphatic rings. The second-order valence-corrected chi connectivity index (χ2v) is 4.65. The second-order valence-electron chi connectivity index (χ2n) is 4.65. The summed E-state index contributed by atoms with van der Waals surface area (Å²) in [5.41, 5.74) is 1.44. The van der Waals surface area contributed by atoms with Crippen LogP contribution in [-0.4, -0.2) is 11.1 Å². The van der Waals surface area contributed by atoms with Crippen LogP contribution < -0.4 is 4.74 Å². The number of aromatic nitrogens is 1. The Labute approximate surface area is 102 Å². The van der Waals surface area contributed by atoms with E-state index in [1.165, 1.54) is 25.7 Å². The highest BCUT2D eigenvalue weighted by atomic mass is 16.5. The van der Waals surface area contributed by atoms with Crippen LogP contribution in [0.2, 0.25) is 0 Å². The molecular formula is C14H18N2O. The summed E-state index contributed by atoms with van der Waals surface area (Å²) < 4.78 is 5.90. The van der Waals surface area contributed by atoms with Gasteiger partial charge in [-0.25, -0.2) is 4.98 Å². The molecule has 17 heavy (non-hydrogen) atoms. The van der Waals surface area contributed by atoms with E-state index in [1.54, 1.807) is 6.07 Å². The lowest BCUT2D eigenvalue weighted by Crippen LogP contribution is -2.16. The van der Waals surface area contributed by atoms with Crippen molar-refractivity contribution in [3.63, 3.8) is 0 Å². The molecule has 1 saturated carbocycles. The van der Waals surface area contributed by atoms with Gasteiger partial charge in [0.25, 0.3) is 0 Å². The quantitative estimate of drug-likeness (QED) is 0.732. The highest BCUT2D eigenvalue weighted by Gasteiger charge is 2.16. The van der Waals surface area contributed by atoms with Crippen molar-refractivity contribution in [3.8, 4) is 11.9 Å². The van der Waals surface area contributed by atoms with Crippen LogP contribution in [0, 0.1) is 18.3 Å². The average molecular weight is 230 g/mol. The van der Waals surface area contributed by atoms with E-state index >= 15 is 0 Å². The predicted octanol–water partition coefficient (Wildman–Crippen LogP) is 3.36. The molecule has 0 aliphatic heterocycles. The van der Waals surface area contributed by atoms with Crippen LogP contribution >= 0.6 is 0 Å². The van der Waals surface area contributed by atoms with Gasteiger partial charge in [-0.1, -0.05) is 12.8 Å². The van der Waals surface area contributed by atoms with Crippen LogP contribution in [0.5, 0.6) is 5.88 Å². The van der Waals surface area contributed by atoms with Crippen LogP contribution in [0.25, 0.3) is 0 Å². The maximum Gasteiger partial charge on any atom is 0.232 e. The SMILES string of the molecule is Cc1ccc(C#N)c(OC2CCCCCC2)n1. The molecule has 0 N–H and O–H groups in total. The topological polar surface area (TPSA) is 45.9 Å². The van der Waals surface area contributed by atoms with E-state index in [0.29, 0.717) is 11.4 Å². The lowest BCUT2D eigenvalue weighted by atomic mass is 10.1. The lowest BCUT2D eigenvalue weighted by molar-refractivity contribution is 0.175. The van der Waals surface area contributed by atoms with Crippen molar-refractivity contribution in [2.45, 2.75) is 51.6 Å². The highest BCUT2D eigenvalue weighted by molar-refractivity contribution is 5.38. The fraction of sp³-hybridized carbons (Fsp3) is 0.571. The van der Waals surface area contributed by atoms with E-state index in [0.717, 1.165) is 18.5 Å². The Bertz CT molecular complexity index is 415. The fourth-order valence-corrected chi connectivity index (χ4v) is 2.23. The van der Waals surface area contributed by atoms with Gasteiger partial charge in [-0.15, -0.1) is 0 Å². The maximum absolute atomic E-state index is 9.02. The van der Waals surface area contributed by atoms with Crippen molar-refractivity contribution in [1.82, 2.24) is 4.98 Å². The van der Waals surface area contributed by atoms with E-state index in [9.17, 15) is 0 Å². The fourth-order valence-electron chi connectivity index (χ4n) is 2.23. The molecule has 3 nitrogen and oxygen atoms in total. The lowest BCUT2D eigenvalue weighted by Gasteiger charge is -2.17. The molecule has 0 radical (unpaired) electrons. The van der Waals surface area contributed by atoms with Crippen LogP contribution in [-0.2, 0) is 0 Å². The Morgan fingerprint density at radius 3 is 2.59 bits per heavy atom. The Kier molecular flexibility index (Phi) is 3.98. The highest BCUT2D eigenvalue weighted by Crippen LogP contribution is 2.23. The average Bonchev–Trinajstić information content (AvgIpc) is 2.58. The van der Waals surface area contributed by atoms with E-state index in [-0.39, 0.29) is 6.10 Å². The zero-order valence-corrected chi connectivity index (χ0v) is 10.3. The largest absolute Gasteiger partial charge is 0.473 e. The Hall–Kier alpha value is -1.56. The molecule has 1 heterocycles. The van der Waals surface area contributed by atoms with Crippen molar-refractivity contribution in [2.75, 3.05) is 0 Å². The summed E-state index contributed by atoms with van der Waals surface area (Å²) in [6.45, 7) is 1.92. The van der Waals surface area contributed by atoms with Gasteiger partial charge in [0.05, 0.1) is 0 Å². The van der Waals surface area contributed by atoms with Gasteiger partial charge in [-0.3, -0.25) is 0 Å². The van der Waals surface area contributed by atoms with E-state index in [4.69, 9.17) is 10.00 Å². The number of hydrogen-bond donors (Lipinski definition) is 0. The van der Waals surface area contributed by atoms with E-state index in [1.807, 2.05) is 13.0 Å². The Morgan fingerprint density at radius 2 is 1.94 bits per heavy atom. The number of aryl methyl sites for hydroxylation is 1. The second kappa shape index (κ2) is 5.67. The number of pyridine rings is 1. The van der Waals surface area contributed by atoms with Crippen molar-refractivity contribution < 1.29 is 4.74 Å². The summed E-state index contributed by atoms with van der Waals surface area (Å²) in [5.74, 6) is 0.513. The molecular weight excluding hydrogens is 212 g/mol. The summed E-state index contributed by atoms with van der Waals surface area (Å²) in [5, 5.41) is 9.02. The molecule has 0 spiro atoms. The number of nitrogens with zero attached hydrogens (tertiary/aromatic N) is 2. The molecule has 3 heteroatoms.